The summed E-state index contributed by atoms with van der Waals surface area (Å²) in [5, 5.41) is 3.39. The fraction of sp³-hybridized carbons (Fsp3) is 0.375. The van der Waals surface area contributed by atoms with Gasteiger partial charge in [0.1, 0.15) is 5.75 Å². The zero-order chi connectivity index (χ0) is 13.0. The SMILES string of the molecule is C=CCC1(c2cccc(OC)c2)C=C(C)NCC1. The summed E-state index contributed by atoms with van der Waals surface area (Å²) in [6.45, 7) is 7.04. The van der Waals surface area contributed by atoms with Crippen LogP contribution in [0.1, 0.15) is 25.3 Å². The van der Waals surface area contributed by atoms with Crippen LogP contribution in [0.3, 0.4) is 0 Å². The number of nitrogens with one attached hydrogen (secondary N) is 1. The fourth-order valence-corrected chi connectivity index (χ4v) is 2.72. The van der Waals surface area contributed by atoms with Gasteiger partial charge in [0.15, 0.2) is 0 Å². The van der Waals surface area contributed by atoms with E-state index in [4.69, 9.17) is 4.74 Å². The Morgan fingerprint density at radius 3 is 3.00 bits per heavy atom. The lowest BCUT2D eigenvalue weighted by Gasteiger charge is -2.35. The summed E-state index contributed by atoms with van der Waals surface area (Å²) in [5.41, 5.74) is 2.61. The molecule has 2 rings (SSSR count). The Labute approximate surface area is 109 Å². The van der Waals surface area contributed by atoms with E-state index in [1.54, 1.807) is 7.11 Å². The van der Waals surface area contributed by atoms with Gasteiger partial charge >= 0.3 is 0 Å². The molecule has 0 radical (unpaired) electrons. The first kappa shape index (κ1) is 12.7. The van der Waals surface area contributed by atoms with Gasteiger partial charge in [-0.1, -0.05) is 24.3 Å². The van der Waals surface area contributed by atoms with E-state index >= 15 is 0 Å². The van der Waals surface area contributed by atoms with Crippen molar-refractivity contribution >= 4 is 0 Å². The Balaban J connectivity index is 2.46. The van der Waals surface area contributed by atoms with Crippen molar-refractivity contribution < 1.29 is 4.74 Å². The third-order valence-corrected chi connectivity index (χ3v) is 3.62. The summed E-state index contributed by atoms with van der Waals surface area (Å²) >= 11 is 0. The van der Waals surface area contributed by atoms with Gasteiger partial charge in [-0.2, -0.15) is 0 Å². The van der Waals surface area contributed by atoms with Crippen molar-refractivity contribution in [3.63, 3.8) is 0 Å². The van der Waals surface area contributed by atoms with E-state index in [1.165, 1.54) is 11.3 Å². The van der Waals surface area contributed by atoms with Crippen LogP contribution in [-0.4, -0.2) is 13.7 Å². The van der Waals surface area contributed by atoms with Crippen LogP contribution in [0, 0.1) is 0 Å². The lowest BCUT2D eigenvalue weighted by atomic mass is 9.73. The van der Waals surface area contributed by atoms with Gasteiger partial charge in [-0.05, 0) is 37.5 Å². The van der Waals surface area contributed by atoms with Gasteiger partial charge in [-0.3, -0.25) is 0 Å². The summed E-state index contributed by atoms with van der Waals surface area (Å²) in [6.07, 6.45) is 6.38. The number of ether oxygens (including phenoxy) is 1. The summed E-state index contributed by atoms with van der Waals surface area (Å²) < 4.78 is 5.33. The van der Waals surface area contributed by atoms with Crippen molar-refractivity contribution in [2.45, 2.75) is 25.2 Å². The van der Waals surface area contributed by atoms with Crippen molar-refractivity contribution in [1.82, 2.24) is 5.32 Å². The average molecular weight is 243 g/mol. The third-order valence-electron chi connectivity index (χ3n) is 3.62. The average Bonchev–Trinajstić information content (AvgIpc) is 2.39. The van der Waals surface area contributed by atoms with Crippen LogP contribution in [0.5, 0.6) is 5.75 Å². The van der Waals surface area contributed by atoms with E-state index in [1.807, 2.05) is 12.1 Å². The minimum atomic E-state index is 0.0611. The summed E-state index contributed by atoms with van der Waals surface area (Å²) in [5.74, 6) is 0.917. The molecule has 1 N–H and O–H groups in total. The molecule has 0 aliphatic carbocycles. The van der Waals surface area contributed by atoms with Crippen molar-refractivity contribution in [2.75, 3.05) is 13.7 Å². The Hall–Kier alpha value is -1.70. The maximum atomic E-state index is 5.33. The number of hydrogen-bond acceptors (Lipinski definition) is 2. The van der Waals surface area contributed by atoms with Crippen molar-refractivity contribution in [3.8, 4) is 5.75 Å². The van der Waals surface area contributed by atoms with Crippen LogP contribution in [0.15, 0.2) is 48.7 Å². The Kier molecular flexibility index (Phi) is 3.75. The maximum Gasteiger partial charge on any atom is 0.119 e. The Bertz CT molecular complexity index is 464. The minimum Gasteiger partial charge on any atom is -0.497 e. The largest absolute Gasteiger partial charge is 0.497 e. The number of hydrogen-bond donors (Lipinski definition) is 1. The summed E-state index contributed by atoms with van der Waals surface area (Å²) in [4.78, 5) is 0. The molecule has 0 spiro atoms. The fourth-order valence-electron chi connectivity index (χ4n) is 2.72. The van der Waals surface area contributed by atoms with Crippen LogP contribution in [0.4, 0.5) is 0 Å². The van der Waals surface area contributed by atoms with Gasteiger partial charge in [0.25, 0.3) is 0 Å². The van der Waals surface area contributed by atoms with Crippen molar-refractivity contribution in [2.24, 2.45) is 0 Å². The van der Waals surface area contributed by atoms with E-state index in [-0.39, 0.29) is 5.41 Å². The molecule has 0 amide bonds. The molecule has 0 bridgehead atoms. The smallest absolute Gasteiger partial charge is 0.119 e. The van der Waals surface area contributed by atoms with Crippen LogP contribution >= 0.6 is 0 Å². The predicted octanol–water partition coefficient (Wildman–Crippen LogP) is 3.41. The second-order valence-corrected chi connectivity index (χ2v) is 4.89. The number of rotatable bonds is 4. The first-order valence-electron chi connectivity index (χ1n) is 6.39. The normalized spacial score (nSPS) is 22.9. The zero-order valence-electron chi connectivity index (χ0n) is 11.2. The first-order valence-corrected chi connectivity index (χ1v) is 6.39. The molecular weight excluding hydrogens is 222 g/mol. The van der Waals surface area contributed by atoms with Crippen LogP contribution in [-0.2, 0) is 5.41 Å². The molecule has 0 fully saturated rings. The summed E-state index contributed by atoms with van der Waals surface area (Å²) in [7, 11) is 1.71. The topological polar surface area (TPSA) is 21.3 Å². The van der Waals surface area contributed by atoms with Gasteiger partial charge in [0.2, 0.25) is 0 Å². The molecule has 0 aromatic heterocycles. The molecule has 1 aliphatic rings. The molecule has 1 aliphatic heterocycles. The van der Waals surface area contributed by atoms with Crippen LogP contribution in [0.2, 0.25) is 0 Å². The van der Waals surface area contributed by atoms with E-state index in [2.05, 4.69) is 43.1 Å². The minimum absolute atomic E-state index is 0.0611. The van der Waals surface area contributed by atoms with E-state index in [9.17, 15) is 0 Å². The van der Waals surface area contributed by atoms with E-state index in [0.29, 0.717) is 0 Å². The zero-order valence-corrected chi connectivity index (χ0v) is 11.2. The second kappa shape index (κ2) is 5.30. The van der Waals surface area contributed by atoms with E-state index < -0.39 is 0 Å². The molecular formula is C16H21NO. The highest BCUT2D eigenvalue weighted by Crippen LogP contribution is 2.37. The highest BCUT2D eigenvalue weighted by Gasteiger charge is 2.31. The molecule has 0 saturated carbocycles. The Morgan fingerprint density at radius 2 is 2.33 bits per heavy atom. The van der Waals surface area contributed by atoms with Crippen molar-refractivity contribution in [3.05, 3.63) is 54.3 Å². The quantitative estimate of drug-likeness (QED) is 0.818. The van der Waals surface area contributed by atoms with Gasteiger partial charge in [-0.15, -0.1) is 6.58 Å². The molecule has 2 heteroatoms. The van der Waals surface area contributed by atoms with Gasteiger partial charge < -0.3 is 10.1 Å². The summed E-state index contributed by atoms with van der Waals surface area (Å²) in [6, 6.07) is 8.37. The van der Waals surface area contributed by atoms with E-state index in [0.717, 1.165) is 25.1 Å². The van der Waals surface area contributed by atoms with Gasteiger partial charge in [0, 0.05) is 17.7 Å². The molecule has 1 unspecified atom stereocenters. The maximum absolute atomic E-state index is 5.33. The monoisotopic (exact) mass is 243 g/mol. The number of benzene rings is 1. The van der Waals surface area contributed by atoms with Gasteiger partial charge in [-0.25, -0.2) is 0 Å². The molecule has 18 heavy (non-hydrogen) atoms. The van der Waals surface area contributed by atoms with Gasteiger partial charge in [0.05, 0.1) is 7.11 Å². The van der Waals surface area contributed by atoms with Crippen LogP contribution in [0.25, 0.3) is 0 Å². The predicted molar refractivity (Wildman–Crippen MR) is 75.9 cm³/mol. The standard InChI is InChI=1S/C16H21NO/c1-4-8-16(9-10-17-13(2)12-16)14-6-5-7-15(11-14)18-3/h4-7,11-12,17H,1,8-10H2,2-3H3. The molecule has 1 aromatic carbocycles. The highest BCUT2D eigenvalue weighted by molar-refractivity contribution is 5.39. The number of methoxy groups -OCH3 is 1. The lowest BCUT2D eigenvalue weighted by molar-refractivity contribution is 0.409. The third kappa shape index (κ3) is 2.42. The molecule has 1 aromatic rings. The van der Waals surface area contributed by atoms with Crippen LogP contribution < -0.4 is 10.1 Å². The molecule has 2 nitrogen and oxygen atoms in total. The molecule has 1 heterocycles. The molecule has 96 valence electrons. The number of allylic oxidation sites excluding steroid dienone is 3. The second-order valence-electron chi connectivity index (χ2n) is 4.89. The van der Waals surface area contributed by atoms with Crippen molar-refractivity contribution in [1.29, 1.82) is 0 Å². The Morgan fingerprint density at radius 1 is 1.50 bits per heavy atom. The first-order chi connectivity index (χ1) is 8.70. The molecule has 1 atom stereocenters. The highest BCUT2D eigenvalue weighted by atomic mass is 16.5. The molecule has 0 saturated heterocycles. The lowest BCUT2D eigenvalue weighted by Crippen LogP contribution is -2.34.